The van der Waals surface area contributed by atoms with Gasteiger partial charge in [0.05, 0.1) is 6.61 Å². The molecule has 2 N–H and O–H groups in total. The number of hydrogen-bond acceptors (Lipinski definition) is 4. The van der Waals surface area contributed by atoms with Gasteiger partial charge in [-0.3, -0.25) is 4.84 Å². The van der Waals surface area contributed by atoms with Crippen LogP contribution in [0.1, 0.15) is 26.2 Å². The standard InChI is InChI=1S/C10H22N2O2/c1-2-8-14-12-6-5-11-9-10(12)4-3-7-13/h10-11,13H,2-9H2,1H3. The molecule has 4 heteroatoms. The zero-order chi connectivity index (χ0) is 10.2. The molecule has 14 heavy (non-hydrogen) atoms. The average Bonchev–Trinajstić information content (AvgIpc) is 2.24. The van der Waals surface area contributed by atoms with Gasteiger partial charge in [-0.25, -0.2) is 0 Å². The van der Waals surface area contributed by atoms with Gasteiger partial charge in [0.1, 0.15) is 0 Å². The third-order valence-electron chi connectivity index (χ3n) is 2.45. The number of aliphatic hydroxyl groups excluding tert-OH is 1. The van der Waals surface area contributed by atoms with E-state index in [1.165, 1.54) is 0 Å². The predicted molar refractivity (Wildman–Crippen MR) is 55.9 cm³/mol. The Bertz CT molecular complexity index is 128. The van der Waals surface area contributed by atoms with Gasteiger partial charge in [0.15, 0.2) is 0 Å². The van der Waals surface area contributed by atoms with Gasteiger partial charge in [0.2, 0.25) is 0 Å². The van der Waals surface area contributed by atoms with Crippen molar-refractivity contribution < 1.29 is 9.94 Å². The largest absolute Gasteiger partial charge is 0.396 e. The topological polar surface area (TPSA) is 44.7 Å². The van der Waals surface area contributed by atoms with Crippen molar-refractivity contribution in [2.75, 3.05) is 32.8 Å². The van der Waals surface area contributed by atoms with Gasteiger partial charge < -0.3 is 10.4 Å². The Balaban J connectivity index is 2.26. The predicted octanol–water partition coefficient (Wildman–Crippen LogP) is 0.374. The Morgan fingerprint density at radius 1 is 1.57 bits per heavy atom. The number of rotatable bonds is 6. The van der Waals surface area contributed by atoms with Crippen LogP contribution in [-0.4, -0.2) is 49.1 Å². The third-order valence-corrected chi connectivity index (χ3v) is 2.45. The highest BCUT2D eigenvalue weighted by Gasteiger charge is 2.21. The van der Waals surface area contributed by atoms with Crippen LogP contribution in [0, 0.1) is 0 Å². The van der Waals surface area contributed by atoms with Crippen LogP contribution in [0.5, 0.6) is 0 Å². The molecular formula is C10H22N2O2. The maximum atomic E-state index is 8.78. The van der Waals surface area contributed by atoms with Gasteiger partial charge >= 0.3 is 0 Å². The summed E-state index contributed by atoms with van der Waals surface area (Å²) in [6, 6.07) is 0.433. The second-order valence-corrected chi connectivity index (χ2v) is 3.70. The minimum Gasteiger partial charge on any atom is -0.396 e. The van der Waals surface area contributed by atoms with E-state index in [1.54, 1.807) is 0 Å². The van der Waals surface area contributed by atoms with Crippen molar-refractivity contribution >= 4 is 0 Å². The van der Waals surface area contributed by atoms with Gasteiger partial charge in [0, 0.05) is 32.3 Å². The fourth-order valence-corrected chi connectivity index (χ4v) is 1.69. The first-order valence-electron chi connectivity index (χ1n) is 5.59. The Kier molecular flexibility index (Phi) is 6.10. The molecule has 1 rings (SSSR count). The highest BCUT2D eigenvalue weighted by Crippen LogP contribution is 2.10. The van der Waals surface area contributed by atoms with Crippen LogP contribution in [0.2, 0.25) is 0 Å². The van der Waals surface area contributed by atoms with E-state index >= 15 is 0 Å². The molecule has 4 nitrogen and oxygen atoms in total. The summed E-state index contributed by atoms with van der Waals surface area (Å²) in [7, 11) is 0. The van der Waals surface area contributed by atoms with E-state index in [0.29, 0.717) is 6.04 Å². The van der Waals surface area contributed by atoms with E-state index in [4.69, 9.17) is 9.94 Å². The molecule has 0 aromatic carbocycles. The Hall–Kier alpha value is -0.160. The van der Waals surface area contributed by atoms with Crippen LogP contribution in [0.15, 0.2) is 0 Å². The Morgan fingerprint density at radius 3 is 3.14 bits per heavy atom. The molecule has 1 aliphatic heterocycles. The maximum absolute atomic E-state index is 8.78. The van der Waals surface area contributed by atoms with E-state index in [0.717, 1.165) is 45.5 Å². The number of nitrogens with one attached hydrogen (secondary N) is 1. The first-order chi connectivity index (χ1) is 6.88. The summed E-state index contributed by atoms with van der Waals surface area (Å²) in [5, 5.41) is 14.2. The number of hydroxylamine groups is 2. The van der Waals surface area contributed by atoms with E-state index in [9.17, 15) is 0 Å². The van der Waals surface area contributed by atoms with Crippen molar-refractivity contribution in [2.45, 2.75) is 32.2 Å². The van der Waals surface area contributed by atoms with E-state index in [1.807, 2.05) is 0 Å². The van der Waals surface area contributed by atoms with Gasteiger partial charge in [0.25, 0.3) is 0 Å². The number of nitrogens with zero attached hydrogens (tertiary/aromatic N) is 1. The lowest BCUT2D eigenvalue weighted by Gasteiger charge is -2.35. The first-order valence-corrected chi connectivity index (χ1v) is 5.59. The summed E-state index contributed by atoms with van der Waals surface area (Å²) >= 11 is 0. The molecule has 1 heterocycles. The molecule has 1 unspecified atom stereocenters. The molecule has 0 aliphatic carbocycles. The zero-order valence-corrected chi connectivity index (χ0v) is 9.04. The lowest BCUT2D eigenvalue weighted by molar-refractivity contribution is -0.194. The summed E-state index contributed by atoms with van der Waals surface area (Å²) in [5.41, 5.74) is 0. The molecule has 84 valence electrons. The van der Waals surface area contributed by atoms with Crippen LogP contribution in [0.4, 0.5) is 0 Å². The summed E-state index contributed by atoms with van der Waals surface area (Å²) in [6.07, 6.45) is 2.92. The molecule has 1 saturated heterocycles. The summed E-state index contributed by atoms with van der Waals surface area (Å²) in [6.45, 7) is 6.12. The number of piperazine rings is 1. The summed E-state index contributed by atoms with van der Waals surface area (Å²) in [5.74, 6) is 0. The minimum atomic E-state index is 0.276. The molecule has 0 aromatic rings. The van der Waals surface area contributed by atoms with E-state index in [-0.39, 0.29) is 6.61 Å². The SMILES string of the molecule is CCCON1CCNCC1CCCO. The average molecular weight is 202 g/mol. The van der Waals surface area contributed by atoms with Crippen molar-refractivity contribution in [2.24, 2.45) is 0 Å². The van der Waals surface area contributed by atoms with Gasteiger partial charge in [-0.15, -0.1) is 0 Å². The second kappa shape index (κ2) is 7.17. The van der Waals surface area contributed by atoms with Gasteiger partial charge in [-0.2, -0.15) is 5.06 Å². The van der Waals surface area contributed by atoms with Crippen molar-refractivity contribution in [3.8, 4) is 0 Å². The van der Waals surface area contributed by atoms with Crippen LogP contribution in [0.25, 0.3) is 0 Å². The zero-order valence-electron chi connectivity index (χ0n) is 9.04. The van der Waals surface area contributed by atoms with Crippen molar-refractivity contribution in [3.05, 3.63) is 0 Å². The maximum Gasteiger partial charge on any atom is 0.0682 e. The van der Waals surface area contributed by atoms with E-state index in [2.05, 4.69) is 17.3 Å². The molecule has 1 atom stereocenters. The smallest absolute Gasteiger partial charge is 0.0682 e. The molecule has 1 fully saturated rings. The number of aliphatic hydroxyl groups is 1. The molecule has 0 radical (unpaired) electrons. The minimum absolute atomic E-state index is 0.276. The monoisotopic (exact) mass is 202 g/mol. The fourth-order valence-electron chi connectivity index (χ4n) is 1.69. The molecule has 0 spiro atoms. The van der Waals surface area contributed by atoms with E-state index < -0.39 is 0 Å². The molecule has 0 aromatic heterocycles. The number of hydrogen-bond donors (Lipinski definition) is 2. The van der Waals surface area contributed by atoms with Gasteiger partial charge in [-0.1, -0.05) is 6.92 Å². The fraction of sp³-hybridized carbons (Fsp3) is 1.00. The normalized spacial score (nSPS) is 24.0. The highest BCUT2D eigenvalue weighted by molar-refractivity contribution is 4.74. The highest BCUT2D eigenvalue weighted by atomic mass is 16.7. The Labute approximate surface area is 86.2 Å². The lowest BCUT2D eigenvalue weighted by Crippen LogP contribution is -2.51. The molecular weight excluding hydrogens is 180 g/mol. The van der Waals surface area contributed by atoms with Gasteiger partial charge in [-0.05, 0) is 19.3 Å². The Morgan fingerprint density at radius 2 is 2.43 bits per heavy atom. The third kappa shape index (κ3) is 3.92. The lowest BCUT2D eigenvalue weighted by atomic mass is 10.1. The molecule has 0 amide bonds. The van der Waals surface area contributed by atoms with Crippen LogP contribution in [-0.2, 0) is 4.84 Å². The second-order valence-electron chi connectivity index (χ2n) is 3.70. The molecule has 0 saturated carbocycles. The molecule has 1 aliphatic rings. The quantitative estimate of drug-likeness (QED) is 0.653. The van der Waals surface area contributed by atoms with Crippen LogP contribution < -0.4 is 5.32 Å². The first kappa shape index (κ1) is 11.9. The van der Waals surface area contributed by atoms with Crippen molar-refractivity contribution in [3.63, 3.8) is 0 Å². The molecule has 0 bridgehead atoms. The summed E-state index contributed by atoms with van der Waals surface area (Å²) < 4.78 is 0. The van der Waals surface area contributed by atoms with Crippen LogP contribution >= 0.6 is 0 Å². The van der Waals surface area contributed by atoms with Crippen molar-refractivity contribution in [1.82, 2.24) is 10.4 Å². The van der Waals surface area contributed by atoms with Crippen molar-refractivity contribution in [1.29, 1.82) is 0 Å². The van der Waals surface area contributed by atoms with Crippen LogP contribution in [0.3, 0.4) is 0 Å². The summed E-state index contributed by atoms with van der Waals surface area (Å²) in [4.78, 5) is 5.65.